The van der Waals surface area contributed by atoms with Gasteiger partial charge in [0.15, 0.2) is 5.82 Å². The van der Waals surface area contributed by atoms with Crippen molar-refractivity contribution >= 4 is 29.3 Å². The molecule has 3 heterocycles. The summed E-state index contributed by atoms with van der Waals surface area (Å²) in [5.74, 6) is -2.08. The molecule has 3 aromatic rings. The predicted molar refractivity (Wildman–Crippen MR) is 104 cm³/mol. The summed E-state index contributed by atoms with van der Waals surface area (Å²) in [6.07, 6.45) is 1.53. The van der Waals surface area contributed by atoms with Crippen LogP contribution < -0.4 is 10.6 Å². The Balaban J connectivity index is 1.73. The van der Waals surface area contributed by atoms with Crippen molar-refractivity contribution in [3.8, 4) is 5.82 Å². The maximum absolute atomic E-state index is 13.1. The SMILES string of the molecule is Cc1nn(-c2ccccn2)c(N)c1[C@@H]1CC(=O)N(c2cccc(C(=O)O)c2)C1=O. The highest BCUT2D eigenvalue weighted by Gasteiger charge is 2.43. The van der Waals surface area contributed by atoms with Crippen LogP contribution in [0.5, 0.6) is 0 Å². The van der Waals surface area contributed by atoms with Gasteiger partial charge in [0, 0.05) is 18.2 Å². The molecule has 0 saturated carbocycles. The molecule has 146 valence electrons. The maximum atomic E-state index is 13.1. The van der Waals surface area contributed by atoms with Gasteiger partial charge in [-0.2, -0.15) is 9.78 Å². The molecule has 1 saturated heterocycles. The molecule has 29 heavy (non-hydrogen) atoms. The first-order valence-corrected chi connectivity index (χ1v) is 8.85. The predicted octanol–water partition coefficient (Wildman–Crippen LogP) is 1.90. The molecule has 4 rings (SSSR count). The Morgan fingerprint density at radius 1 is 1.21 bits per heavy atom. The molecule has 2 amide bonds. The third-order valence-corrected chi connectivity index (χ3v) is 4.86. The number of aromatic carboxylic acids is 1. The van der Waals surface area contributed by atoms with Gasteiger partial charge in [-0.15, -0.1) is 0 Å². The van der Waals surface area contributed by atoms with E-state index < -0.39 is 23.7 Å². The Kier molecular flexibility index (Phi) is 4.34. The number of nitrogens with two attached hydrogens (primary N) is 1. The minimum Gasteiger partial charge on any atom is -0.478 e. The standard InChI is InChI=1S/C20H17N5O4/c1-11-17(18(21)25(23-11)15-7-2-3-8-22-15)14-10-16(26)24(19(14)27)13-6-4-5-12(9-13)20(28)29/h2-9,14H,10,21H2,1H3,(H,28,29)/t14-/m0/s1. The Hall–Kier alpha value is -4.01. The Morgan fingerprint density at radius 3 is 2.69 bits per heavy atom. The maximum Gasteiger partial charge on any atom is 0.335 e. The van der Waals surface area contributed by atoms with Crippen molar-refractivity contribution in [3.63, 3.8) is 0 Å². The smallest absolute Gasteiger partial charge is 0.335 e. The molecule has 1 aliphatic rings. The Bertz CT molecular complexity index is 1140. The van der Waals surface area contributed by atoms with E-state index in [1.807, 2.05) is 0 Å². The number of hydrogen-bond acceptors (Lipinski definition) is 6. The van der Waals surface area contributed by atoms with Crippen LogP contribution in [0.2, 0.25) is 0 Å². The van der Waals surface area contributed by atoms with Crippen LogP contribution in [-0.4, -0.2) is 37.7 Å². The first-order valence-electron chi connectivity index (χ1n) is 8.85. The summed E-state index contributed by atoms with van der Waals surface area (Å²) in [7, 11) is 0. The molecular formula is C20H17N5O4. The number of rotatable bonds is 4. The van der Waals surface area contributed by atoms with Gasteiger partial charge in [0.05, 0.1) is 22.9 Å². The summed E-state index contributed by atoms with van der Waals surface area (Å²) in [5.41, 5.74) is 7.49. The van der Waals surface area contributed by atoms with Crippen LogP contribution in [0, 0.1) is 6.92 Å². The van der Waals surface area contributed by atoms with E-state index in [0.717, 1.165) is 4.90 Å². The number of aromatic nitrogens is 3. The van der Waals surface area contributed by atoms with Crippen molar-refractivity contribution in [2.24, 2.45) is 0 Å². The summed E-state index contributed by atoms with van der Waals surface area (Å²) in [5, 5.41) is 13.6. The van der Waals surface area contributed by atoms with Crippen molar-refractivity contribution < 1.29 is 19.5 Å². The molecule has 2 aromatic heterocycles. The first kappa shape index (κ1) is 18.4. The zero-order valence-electron chi connectivity index (χ0n) is 15.4. The lowest BCUT2D eigenvalue weighted by molar-refractivity contribution is -0.121. The average molecular weight is 391 g/mol. The van der Waals surface area contributed by atoms with Gasteiger partial charge in [0.1, 0.15) is 5.82 Å². The lowest BCUT2D eigenvalue weighted by atomic mass is 9.97. The highest BCUT2D eigenvalue weighted by atomic mass is 16.4. The van der Waals surface area contributed by atoms with Gasteiger partial charge in [0.25, 0.3) is 0 Å². The molecule has 3 N–H and O–H groups in total. The number of imide groups is 1. The van der Waals surface area contributed by atoms with Gasteiger partial charge >= 0.3 is 5.97 Å². The van der Waals surface area contributed by atoms with Gasteiger partial charge in [-0.3, -0.25) is 9.59 Å². The highest BCUT2D eigenvalue weighted by Crippen LogP contribution is 2.38. The minimum absolute atomic E-state index is 0.00906. The first-order chi connectivity index (χ1) is 13.9. The van der Waals surface area contributed by atoms with Crippen molar-refractivity contribution in [1.29, 1.82) is 0 Å². The molecular weight excluding hydrogens is 374 g/mol. The van der Waals surface area contributed by atoms with Gasteiger partial charge in [-0.05, 0) is 37.3 Å². The Morgan fingerprint density at radius 2 is 2.00 bits per heavy atom. The summed E-state index contributed by atoms with van der Waals surface area (Å²) >= 11 is 0. The largest absolute Gasteiger partial charge is 0.478 e. The molecule has 1 atom stereocenters. The van der Waals surface area contributed by atoms with Crippen LogP contribution in [0.4, 0.5) is 11.5 Å². The van der Waals surface area contributed by atoms with Crippen LogP contribution in [0.15, 0.2) is 48.7 Å². The van der Waals surface area contributed by atoms with E-state index in [4.69, 9.17) is 5.73 Å². The minimum atomic E-state index is -1.14. The number of carbonyl (C=O) groups excluding carboxylic acids is 2. The summed E-state index contributed by atoms with van der Waals surface area (Å²) in [6, 6.07) is 11.0. The number of anilines is 2. The van der Waals surface area contributed by atoms with E-state index in [-0.39, 0.29) is 23.5 Å². The van der Waals surface area contributed by atoms with E-state index in [1.165, 1.54) is 28.9 Å². The molecule has 0 bridgehead atoms. The number of carboxylic acids is 1. The number of benzene rings is 1. The van der Waals surface area contributed by atoms with Crippen molar-refractivity contribution in [1.82, 2.24) is 14.8 Å². The fourth-order valence-corrected chi connectivity index (χ4v) is 3.55. The lowest BCUT2D eigenvalue weighted by Gasteiger charge is -2.15. The van der Waals surface area contributed by atoms with Crippen LogP contribution in [0.1, 0.15) is 34.0 Å². The van der Waals surface area contributed by atoms with E-state index in [1.54, 1.807) is 31.3 Å². The molecule has 0 unspecified atom stereocenters. The topological polar surface area (TPSA) is 131 Å². The molecule has 1 aromatic carbocycles. The number of carboxylic acid groups (broad SMARTS) is 1. The van der Waals surface area contributed by atoms with Crippen LogP contribution in [0.25, 0.3) is 5.82 Å². The van der Waals surface area contributed by atoms with Crippen molar-refractivity contribution in [2.45, 2.75) is 19.3 Å². The quantitative estimate of drug-likeness (QED) is 0.649. The zero-order chi connectivity index (χ0) is 20.7. The fraction of sp³-hybridized carbons (Fsp3) is 0.150. The van der Waals surface area contributed by atoms with E-state index in [9.17, 15) is 19.5 Å². The third-order valence-electron chi connectivity index (χ3n) is 4.86. The third kappa shape index (κ3) is 3.02. The summed E-state index contributed by atoms with van der Waals surface area (Å²) < 4.78 is 1.44. The lowest BCUT2D eigenvalue weighted by Crippen LogP contribution is -2.30. The van der Waals surface area contributed by atoms with E-state index in [0.29, 0.717) is 17.1 Å². The summed E-state index contributed by atoms with van der Waals surface area (Å²) in [4.78, 5) is 42.2. The van der Waals surface area contributed by atoms with Gasteiger partial charge in [0.2, 0.25) is 11.8 Å². The molecule has 1 aliphatic heterocycles. The number of aryl methyl sites for hydroxylation is 1. The van der Waals surface area contributed by atoms with Crippen LogP contribution in [0.3, 0.4) is 0 Å². The highest BCUT2D eigenvalue weighted by molar-refractivity contribution is 6.23. The molecule has 0 radical (unpaired) electrons. The normalized spacial score (nSPS) is 16.4. The Labute approximate surface area is 165 Å². The number of amides is 2. The van der Waals surface area contributed by atoms with Gasteiger partial charge in [-0.1, -0.05) is 12.1 Å². The number of carbonyl (C=O) groups is 3. The molecule has 9 heteroatoms. The van der Waals surface area contributed by atoms with Crippen LogP contribution >= 0.6 is 0 Å². The van der Waals surface area contributed by atoms with E-state index in [2.05, 4.69) is 10.1 Å². The second-order valence-electron chi connectivity index (χ2n) is 6.66. The second kappa shape index (κ2) is 6.86. The fourth-order valence-electron chi connectivity index (χ4n) is 3.55. The van der Waals surface area contributed by atoms with Gasteiger partial charge in [-0.25, -0.2) is 14.7 Å². The zero-order valence-corrected chi connectivity index (χ0v) is 15.4. The van der Waals surface area contributed by atoms with Crippen molar-refractivity contribution in [2.75, 3.05) is 10.6 Å². The molecule has 0 aliphatic carbocycles. The number of pyridine rings is 1. The average Bonchev–Trinajstić information content (AvgIpc) is 3.17. The van der Waals surface area contributed by atoms with Crippen molar-refractivity contribution in [3.05, 3.63) is 65.5 Å². The number of nitrogen functional groups attached to an aromatic ring is 1. The van der Waals surface area contributed by atoms with E-state index >= 15 is 0 Å². The summed E-state index contributed by atoms with van der Waals surface area (Å²) in [6.45, 7) is 1.72. The second-order valence-corrected chi connectivity index (χ2v) is 6.66. The monoisotopic (exact) mass is 391 g/mol. The van der Waals surface area contributed by atoms with Gasteiger partial charge < -0.3 is 10.8 Å². The van der Waals surface area contributed by atoms with Crippen LogP contribution in [-0.2, 0) is 9.59 Å². The number of nitrogens with zero attached hydrogens (tertiary/aromatic N) is 4. The molecule has 1 fully saturated rings. The number of hydrogen-bond donors (Lipinski definition) is 2. The molecule has 0 spiro atoms. The molecule has 9 nitrogen and oxygen atoms in total.